The van der Waals surface area contributed by atoms with E-state index >= 15 is 0 Å². The van der Waals surface area contributed by atoms with Gasteiger partial charge in [-0.15, -0.1) is 0 Å². The fourth-order valence-corrected chi connectivity index (χ4v) is 14.5. The molecule has 0 unspecified atom stereocenters. The summed E-state index contributed by atoms with van der Waals surface area (Å²) < 4.78 is 0. The Hall–Kier alpha value is -2.08. The molecule has 0 aromatic heterocycles. The standard InChI is InChI=1S/C26H18Se2/c1-5-13-21-17(9-1)18-10-2-6-14-22(18)25(21)27-28-26-23-15-7-3-11-19(23)20-12-4-8-16-24(20)26/h1-16,25-26H. The zero-order chi connectivity index (χ0) is 18.5. The van der Waals surface area contributed by atoms with Gasteiger partial charge in [-0.1, -0.05) is 0 Å². The molecule has 134 valence electrons. The summed E-state index contributed by atoms with van der Waals surface area (Å²) in [6, 6.07) is 36.2. The van der Waals surface area contributed by atoms with Crippen LogP contribution in [0.2, 0.25) is 0 Å². The number of hydrogen-bond donors (Lipinski definition) is 0. The van der Waals surface area contributed by atoms with Crippen molar-refractivity contribution >= 4 is 26.3 Å². The van der Waals surface area contributed by atoms with Gasteiger partial charge in [0.25, 0.3) is 0 Å². The van der Waals surface area contributed by atoms with Gasteiger partial charge in [0.05, 0.1) is 0 Å². The van der Waals surface area contributed by atoms with Crippen molar-refractivity contribution in [1.82, 2.24) is 0 Å². The van der Waals surface area contributed by atoms with Gasteiger partial charge in [0.1, 0.15) is 0 Å². The van der Waals surface area contributed by atoms with Gasteiger partial charge in [-0.05, 0) is 0 Å². The zero-order valence-corrected chi connectivity index (χ0v) is 18.6. The molecule has 2 aliphatic rings. The van der Waals surface area contributed by atoms with Crippen LogP contribution in [0.25, 0.3) is 22.3 Å². The molecule has 28 heavy (non-hydrogen) atoms. The van der Waals surface area contributed by atoms with E-state index in [1.807, 2.05) is 0 Å². The minimum absolute atomic E-state index is 0.560. The molecule has 0 bridgehead atoms. The molecule has 2 aliphatic carbocycles. The third kappa shape index (κ3) is 2.50. The molecule has 6 rings (SSSR count). The first-order chi connectivity index (χ1) is 13.9. The Labute approximate surface area is 176 Å². The van der Waals surface area contributed by atoms with Crippen LogP contribution < -0.4 is 0 Å². The Morgan fingerprint density at radius 3 is 0.893 bits per heavy atom. The summed E-state index contributed by atoms with van der Waals surface area (Å²) in [5.74, 6) is 0. The van der Waals surface area contributed by atoms with E-state index in [-0.39, 0.29) is 0 Å². The van der Waals surface area contributed by atoms with E-state index < -0.39 is 0 Å². The van der Waals surface area contributed by atoms with Gasteiger partial charge in [-0.2, -0.15) is 0 Å². The van der Waals surface area contributed by atoms with Crippen molar-refractivity contribution in [3.63, 3.8) is 0 Å². The first-order valence-electron chi connectivity index (χ1n) is 9.60. The van der Waals surface area contributed by atoms with Crippen LogP contribution >= 0.6 is 0 Å². The van der Waals surface area contributed by atoms with Gasteiger partial charge in [0.15, 0.2) is 0 Å². The van der Waals surface area contributed by atoms with Crippen molar-refractivity contribution in [3.8, 4) is 22.3 Å². The molecule has 0 fully saturated rings. The van der Waals surface area contributed by atoms with Gasteiger partial charge < -0.3 is 0 Å². The van der Waals surface area contributed by atoms with Crippen LogP contribution in [0.4, 0.5) is 0 Å². The van der Waals surface area contributed by atoms with Crippen LogP contribution in [0.1, 0.15) is 31.9 Å². The number of fused-ring (bicyclic) bond motifs is 6. The van der Waals surface area contributed by atoms with Crippen molar-refractivity contribution in [1.29, 1.82) is 0 Å². The van der Waals surface area contributed by atoms with Gasteiger partial charge >= 0.3 is 177 Å². The quantitative estimate of drug-likeness (QED) is 0.318. The van der Waals surface area contributed by atoms with Gasteiger partial charge in [-0.25, -0.2) is 0 Å². The fourth-order valence-electron chi connectivity index (χ4n) is 4.54. The van der Waals surface area contributed by atoms with Gasteiger partial charge in [-0.3, -0.25) is 0 Å². The van der Waals surface area contributed by atoms with Crippen LogP contribution in [-0.2, 0) is 0 Å². The molecule has 0 heterocycles. The molecular weight excluding hydrogens is 470 g/mol. The van der Waals surface area contributed by atoms with E-state index in [4.69, 9.17) is 0 Å². The number of hydrogen-bond acceptors (Lipinski definition) is 0. The molecule has 0 spiro atoms. The Morgan fingerprint density at radius 2 is 0.607 bits per heavy atom. The molecule has 4 aromatic rings. The van der Waals surface area contributed by atoms with E-state index in [0.717, 1.165) is 0 Å². The van der Waals surface area contributed by atoms with Crippen molar-refractivity contribution in [3.05, 3.63) is 119 Å². The third-order valence-electron chi connectivity index (χ3n) is 5.80. The van der Waals surface area contributed by atoms with E-state index in [1.165, 1.54) is 22.3 Å². The first kappa shape index (κ1) is 16.8. The summed E-state index contributed by atoms with van der Waals surface area (Å²) in [6.07, 6.45) is 0. The summed E-state index contributed by atoms with van der Waals surface area (Å²) in [5.41, 5.74) is 12.0. The first-order valence-corrected chi connectivity index (χ1v) is 15.9. The SMILES string of the molecule is c1ccc2c(c1)-c1ccccc1C2[Se][Se]C1c2ccccc2-c2ccccc21. The predicted molar refractivity (Wildman–Crippen MR) is 119 cm³/mol. The maximum atomic E-state index is 2.36. The summed E-state index contributed by atoms with van der Waals surface area (Å²) >= 11 is 1.12. The Bertz CT molecular complexity index is 1010. The normalized spacial score (nSPS) is 14.4. The molecule has 2 heteroatoms. The Morgan fingerprint density at radius 1 is 0.357 bits per heavy atom. The second kappa shape index (κ2) is 6.76. The van der Waals surface area contributed by atoms with E-state index in [9.17, 15) is 0 Å². The van der Waals surface area contributed by atoms with Crippen molar-refractivity contribution in [2.24, 2.45) is 0 Å². The molecule has 0 amide bonds. The van der Waals surface area contributed by atoms with Crippen LogP contribution in [0.15, 0.2) is 97.1 Å². The molecule has 0 aliphatic heterocycles. The molecule has 4 aromatic carbocycles. The molecule has 0 atom stereocenters. The summed E-state index contributed by atoms with van der Waals surface area (Å²) in [6.45, 7) is 0. The molecule has 0 N–H and O–H groups in total. The average Bonchev–Trinajstić information content (AvgIpc) is 3.26. The van der Waals surface area contributed by atoms with Crippen LogP contribution in [0.5, 0.6) is 0 Å². The molecular formula is C26H18Se2. The molecule has 0 saturated carbocycles. The van der Waals surface area contributed by atoms with Crippen molar-refractivity contribution < 1.29 is 0 Å². The van der Waals surface area contributed by atoms with E-state index in [2.05, 4.69) is 97.1 Å². The third-order valence-corrected chi connectivity index (χ3v) is 14.4. The van der Waals surface area contributed by atoms with Crippen LogP contribution in [-0.4, -0.2) is 26.3 Å². The molecule has 0 saturated heterocycles. The predicted octanol–water partition coefficient (Wildman–Crippen LogP) is 5.85. The number of rotatable bonds is 3. The summed E-state index contributed by atoms with van der Waals surface area (Å²) in [4.78, 5) is 1.19. The van der Waals surface area contributed by atoms with E-state index in [0.29, 0.717) is 35.9 Å². The monoisotopic (exact) mass is 490 g/mol. The van der Waals surface area contributed by atoms with Crippen molar-refractivity contribution in [2.75, 3.05) is 0 Å². The zero-order valence-electron chi connectivity index (χ0n) is 15.2. The van der Waals surface area contributed by atoms with Gasteiger partial charge in [0.2, 0.25) is 0 Å². The molecule has 0 nitrogen and oxygen atoms in total. The average molecular weight is 488 g/mol. The second-order valence-electron chi connectivity index (χ2n) is 7.30. The summed E-state index contributed by atoms with van der Waals surface area (Å²) in [7, 11) is 0. The molecule has 0 radical (unpaired) electrons. The van der Waals surface area contributed by atoms with E-state index in [1.54, 1.807) is 22.3 Å². The topological polar surface area (TPSA) is 0 Å². The number of benzene rings is 4. The van der Waals surface area contributed by atoms with Crippen molar-refractivity contribution in [2.45, 2.75) is 9.63 Å². The minimum atomic E-state index is 0.560. The summed E-state index contributed by atoms with van der Waals surface area (Å²) in [5, 5.41) is 0. The Kier molecular flexibility index (Phi) is 4.07. The fraction of sp³-hybridized carbons (Fsp3) is 0.0769. The van der Waals surface area contributed by atoms with Gasteiger partial charge in [0, 0.05) is 0 Å². The second-order valence-corrected chi connectivity index (χ2v) is 14.3. The van der Waals surface area contributed by atoms with Crippen LogP contribution in [0.3, 0.4) is 0 Å². The Balaban J connectivity index is 1.38. The van der Waals surface area contributed by atoms with Crippen LogP contribution in [0, 0.1) is 0 Å². The maximum absolute atomic E-state index is 2.36.